The third-order valence-corrected chi connectivity index (χ3v) is 5.52. The highest BCUT2D eigenvalue weighted by Crippen LogP contribution is 2.23. The Kier molecular flexibility index (Phi) is 5.66. The molecule has 1 rings (SSSR count). The molecule has 0 saturated carbocycles. The van der Waals surface area contributed by atoms with Crippen LogP contribution in [0.3, 0.4) is 0 Å². The second-order valence-corrected chi connectivity index (χ2v) is 6.37. The third-order valence-electron chi connectivity index (χ3n) is 2.77. The Morgan fingerprint density at radius 3 is 2.56 bits per heavy atom. The lowest BCUT2D eigenvalue weighted by Crippen LogP contribution is -2.37. The molecule has 0 aliphatic carbocycles. The van der Waals surface area contributed by atoms with E-state index in [1.54, 1.807) is 0 Å². The molecule has 0 amide bonds. The van der Waals surface area contributed by atoms with Crippen molar-refractivity contribution in [2.24, 2.45) is 0 Å². The first-order chi connectivity index (χ1) is 7.61. The van der Waals surface area contributed by atoms with E-state index in [0.29, 0.717) is 0 Å². The van der Waals surface area contributed by atoms with Gasteiger partial charge in [0, 0.05) is 10.5 Å². The molecule has 0 aromatic heterocycles. The highest BCUT2D eigenvalue weighted by molar-refractivity contribution is 9.10. The van der Waals surface area contributed by atoms with E-state index in [1.807, 2.05) is 38.2 Å². The fourth-order valence-electron chi connectivity index (χ4n) is 1.73. The van der Waals surface area contributed by atoms with Crippen LogP contribution >= 0.6 is 15.9 Å². The predicted octanol–water partition coefficient (Wildman–Crippen LogP) is 2.94. The summed E-state index contributed by atoms with van der Waals surface area (Å²) in [6.45, 7) is 4.13. The van der Waals surface area contributed by atoms with E-state index in [4.69, 9.17) is 0 Å². The van der Waals surface area contributed by atoms with Gasteiger partial charge in [0.2, 0.25) is 0 Å². The molecular weight excluding hydrogens is 286 g/mol. The van der Waals surface area contributed by atoms with Gasteiger partial charge in [-0.1, -0.05) is 19.1 Å². The Balaban J connectivity index is 2.90. The molecule has 0 bridgehead atoms. The van der Waals surface area contributed by atoms with Crippen LogP contribution in [0.2, 0.25) is 0 Å². The number of halogens is 1. The van der Waals surface area contributed by atoms with Gasteiger partial charge < -0.3 is 5.32 Å². The first-order valence-electron chi connectivity index (χ1n) is 5.44. The summed E-state index contributed by atoms with van der Waals surface area (Å²) in [6, 6.07) is 7.99. The monoisotopic (exact) mass is 303 g/mol. The molecule has 2 nitrogen and oxygen atoms in total. The molecule has 0 saturated heterocycles. The summed E-state index contributed by atoms with van der Waals surface area (Å²) in [5.74, 6) is 0. The van der Waals surface area contributed by atoms with Crippen LogP contribution in [0.4, 0.5) is 0 Å². The van der Waals surface area contributed by atoms with E-state index in [1.165, 1.54) is 0 Å². The number of rotatable bonds is 5. The minimum Gasteiger partial charge on any atom is -0.316 e. The van der Waals surface area contributed by atoms with Crippen LogP contribution in [0.15, 0.2) is 33.6 Å². The fourth-order valence-corrected chi connectivity index (χ4v) is 3.99. The number of hydrogen-bond acceptors (Lipinski definition) is 2. The van der Waals surface area contributed by atoms with E-state index in [9.17, 15) is 4.21 Å². The van der Waals surface area contributed by atoms with Crippen molar-refractivity contribution in [3.05, 3.63) is 28.7 Å². The molecule has 3 atom stereocenters. The van der Waals surface area contributed by atoms with E-state index in [2.05, 4.69) is 28.2 Å². The molecular formula is C12H18BrNOS. The second-order valence-electron chi connectivity index (χ2n) is 3.74. The van der Waals surface area contributed by atoms with Crippen LogP contribution in [-0.2, 0) is 10.8 Å². The standard InChI is InChI=1S/C12H18BrNOS/c1-4-11(14-3)9(2)16(15)12-8-6-5-7-10(12)13/h5-9,11,14H,4H2,1-3H3. The van der Waals surface area contributed by atoms with Crippen LogP contribution in [0.1, 0.15) is 20.3 Å². The first-order valence-corrected chi connectivity index (χ1v) is 7.44. The number of hydrogen-bond donors (Lipinski definition) is 1. The highest BCUT2D eigenvalue weighted by atomic mass is 79.9. The van der Waals surface area contributed by atoms with Crippen molar-refractivity contribution in [3.63, 3.8) is 0 Å². The Labute approximate surface area is 108 Å². The zero-order valence-electron chi connectivity index (χ0n) is 9.87. The zero-order valence-corrected chi connectivity index (χ0v) is 12.3. The van der Waals surface area contributed by atoms with Crippen molar-refractivity contribution in [2.75, 3.05) is 7.05 Å². The molecule has 16 heavy (non-hydrogen) atoms. The Morgan fingerprint density at radius 1 is 1.44 bits per heavy atom. The predicted molar refractivity (Wildman–Crippen MR) is 73.2 cm³/mol. The van der Waals surface area contributed by atoms with Crippen molar-refractivity contribution in [1.29, 1.82) is 0 Å². The second kappa shape index (κ2) is 6.52. The van der Waals surface area contributed by atoms with E-state index >= 15 is 0 Å². The molecule has 0 aliphatic heterocycles. The number of benzene rings is 1. The number of nitrogens with one attached hydrogen (secondary N) is 1. The van der Waals surface area contributed by atoms with Gasteiger partial charge in [-0.2, -0.15) is 0 Å². The van der Waals surface area contributed by atoms with E-state index in [0.717, 1.165) is 15.8 Å². The van der Waals surface area contributed by atoms with Gasteiger partial charge in [0.1, 0.15) is 0 Å². The normalized spacial score (nSPS) is 16.8. The fraction of sp³-hybridized carbons (Fsp3) is 0.500. The summed E-state index contributed by atoms with van der Waals surface area (Å²) >= 11 is 3.44. The molecule has 1 aromatic rings. The maximum Gasteiger partial charge on any atom is 0.0585 e. The molecule has 0 fully saturated rings. The molecule has 1 aromatic carbocycles. The minimum atomic E-state index is -0.979. The molecule has 0 spiro atoms. The minimum absolute atomic E-state index is 0.105. The topological polar surface area (TPSA) is 29.1 Å². The van der Waals surface area contributed by atoms with Gasteiger partial charge in [-0.25, -0.2) is 0 Å². The van der Waals surface area contributed by atoms with E-state index < -0.39 is 10.8 Å². The zero-order chi connectivity index (χ0) is 12.1. The summed E-state index contributed by atoms with van der Waals surface area (Å²) in [4.78, 5) is 0.878. The maximum atomic E-state index is 12.4. The van der Waals surface area contributed by atoms with Crippen molar-refractivity contribution in [3.8, 4) is 0 Å². The smallest absolute Gasteiger partial charge is 0.0585 e. The maximum absolute atomic E-state index is 12.4. The third kappa shape index (κ3) is 3.15. The lowest BCUT2D eigenvalue weighted by Gasteiger charge is -2.22. The van der Waals surface area contributed by atoms with Crippen LogP contribution in [-0.4, -0.2) is 22.5 Å². The summed E-state index contributed by atoms with van der Waals surface area (Å²) in [5.41, 5.74) is 0. The van der Waals surface area contributed by atoms with Gasteiger partial charge in [0.25, 0.3) is 0 Å². The summed E-state index contributed by atoms with van der Waals surface area (Å²) < 4.78 is 13.3. The van der Waals surface area contributed by atoms with Crippen molar-refractivity contribution >= 4 is 26.7 Å². The average molecular weight is 304 g/mol. The van der Waals surface area contributed by atoms with Gasteiger partial charge in [0.05, 0.1) is 20.9 Å². The summed E-state index contributed by atoms with van der Waals surface area (Å²) in [6.07, 6.45) is 0.980. The molecule has 0 heterocycles. The largest absolute Gasteiger partial charge is 0.316 e. The van der Waals surface area contributed by atoms with Crippen LogP contribution < -0.4 is 5.32 Å². The average Bonchev–Trinajstić information content (AvgIpc) is 2.30. The Bertz CT molecular complexity index is 366. The SMILES string of the molecule is CCC(NC)C(C)S(=O)c1ccccc1Br. The quantitative estimate of drug-likeness (QED) is 0.906. The summed E-state index contributed by atoms with van der Waals surface area (Å²) in [7, 11) is 0.940. The van der Waals surface area contributed by atoms with Gasteiger partial charge in [-0.3, -0.25) is 4.21 Å². The Hall–Kier alpha value is -0.190. The highest BCUT2D eigenvalue weighted by Gasteiger charge is 2.22. The van der Waals surface area contributed by atoms with Gasteiger partial charge in [-0.05, 0) is 48.5 Å². The molecule has 1 N–H and O–H groups in total. The van der Waals surface area contributed by atoms with Gasteiger partial charge in [0.15, 0.2) is 0 Å². The van der Waals surface area contributed by atoms with Crippen LogP contribution in [0.25, 0.3) is 0 Å². The van der Waals surface area contributed by atoms with Crippen molar-refractivity contribution in [1.82, 2.24) is 5.32 Å². The summed E-state index contributed by atoms with van der Waals surface area (Å²) in [5, 5.41) is 3.32. The lowest BCUT2D eigenvalue weighted by molar-refractivity contribution is 0.529. The van der Waals surface area contributed by atoms with Crippen LogP contribution in [0, 0.1) is 0 Å². The lowest BCUT2D eigenvalue weighted by atomic mass is 10.2. The van der Waals surface area contributed by atoms with Crippen molar-refractivity contribution < 1.29 is 4.21 Å². The molecule has 4 heteroatoms. The molecule has 0 radical (unpaired) electrons. The molecule has 3 unspecified atom stereocenters. The molecule has 90 valence electrons. The van der Waals surface area contributed by atoms with Crippen molar-refractivity contribution in [2.45, 2.75) is 36.5 Å². The Morgan fingerprint density at radius 2 is 2.06 bits per heavy atom. The first kappa shape index (κ1) is 13.9. The molecule has 0 aliphatic rings. The van der Waals surface area contributed by atoms with E-state index in [-0.39, 0.29) is 11.3 Å². The van der Waals surface area contributed by atoms with Gasteiger partial charge >= 0.3 is 0 Å². The van der Waals surface area contributed by atoms with Crippen LogP contribution in [0.5, 0.6) is 0 Å². The van der Waals surface area contributed by atoms with Gasteiger partial charge in [-0.15, -0.1) is 0 Å².